The van der Waals surface area contributed by atoms with Gasteiger partial charge in [0.15, 0.2) is 5.82 Å². The number of hydrogen-bond donors (Lipinski definition) is 4. The molecule has 468 valence electrons. The molecule has 17 nitrogen and oxygen atoms in total. The third-order valence-corrected chi connectivity index (χ3v) is 18.8. The third-order valence-electron chi connectivity index (χ3n) is 10.2. The zero-order valence-electron chi connectivity index (χ0n) is 49.4. The van der Waals surface area contributed by atoms with Crippen molar-refractivity contribution in [2.45, 2.75) is 37.4 Å². The monoisotopic (exact) mass is 3680 g/mol. The molecule has 92 heavy (non-hydrogen) atoms. The predicted molar refractivity (Wildman–Crippen MR) is 318 cm³/mol. The number of fused-ring (bicyclic) bond motifs is 4. The van der Waals surface area contributed by atoms with E-state index in [4.69, 9.17) is 20.3 Å². The van der Waals surface area contributed by atoms with E-state index < -0.39 is 58.6 Å². The number of aromatic carboxylic acids is 2. The topological polar surface area (TPSA) is 301 Å². The maximum absolute atomic E-state index is 14.0. The van der Waals surface area contributed by atoms with Gasteiger partial charge >= 0.3 is 49.9 Å². The van der Waals surface area contributed by atoms with Gasteiger partial charge in [0.05, 0.1) is 27.9 Å². The molecule has 6 aromatic carbocycles. The van der Waals surface area contributed by atoms with E-state index >= 15 is 0 Å². The van der Waals surface area contributed by atoms with Crippen molar-refractivity contribution in [1.29, 1.82) is 0 Å². The molecule has 0 saturated carbocycles. The molecule has 0 spiro atoms. The van der Waals surface area contributed by atoms with Gasteiger partial charge in [0, 0.05) is 340 Å². The Hall–Kier alpha value is 4.26. The fraction of sp³-hybridized carbons (Fsp3) is 0.111. The van der Waals surface area contributed by atoms with Gasteiger partial charge in [0.1, 0.15) is 19.5 Å². The second-order valence-electron chi connectivity index (χ2n) is 16.4. The van der Waals surface area contributed by atoms with Crippen LogP contribution in [0.2, 0.25) is 6.82 Å². The molecule has 0 radical (unpaired) electrons. The average Bonchev–Trinajstić information content (AvgIpc) is 1.54. The molecule has 0 bridgehead atoms. The van der Waals surface area contributed by atoms with E-state index in [1.165, 1.54) is 97.0 Å². The second kappa shape index (κ2) is 56.6. The van der Waals surface area contributed by atoms with E-state index in [1.807, 2.05) is 87.5 Å². The largest absolute Gasteiger partial charge is 1.00 e. The van der Waals surface area contributed by atoms with Crippen LogP contribution in [0.1, 0.15) is 55.4 Å². The van der Waals surface area contributed by atoms with Crippen LogP contribution < -0.4 is 18.9 Å². The SMILES string of the molecule is CB(O)O.COC(=O)c1cc2cc(Br)ccc2s1.COC(=O)c1cc2cc(C)ccc2s1.Cc1ccc2sc(C(=O)O)c(F)c2c1.Cc1ccc2sc(C(=O)O)cc2c1.O.O=S(=O)(c1ccccc1)N(F)S(=O)(=O)c1ccccc1.[Li+].[OH-].[U].[U].[U].[U].[U].[U].[U].[U].[U].[U]. The van der Waals surface area contributed by atoms with E-state index in [2.05, 4.69) is 31.5 Å². The Balaban J connectivity index is -0.000000128. The van der Waals surface area contributed by atoms with Crippen LogP contribution in [0.4, 0.5) is 8.87 Å². The number of halogens is 3. The van der Waals surface area contributed by atoms with Gasteiger partial charge in [-0.2, -0.15) is 0 Å². The Morgan fingerprint density at radius 1 is 0.500 bits per heavy atom. The number of ether oxygens (including phenoxy) is 2. The summed E-state index contributed by atoms with van der Waals surface area (Å²) in [6, 6.07) is 41.7. The minimum atomic E-state index is -4.77. The van der Waals surface area contributed by atoms with Crippen molar-refractivity contribution in [3.63, 3.8) is 0 Å². The van der Waals surface area contributed by atoms with Crippen LogP contribution in [0.5, 0.6) is 0 Å². The van der Waals surface area contributed by atoms with E-state index in [0.29, 0.717) is 24.7 Å². The number of sulfonamides is 2. The van der Waals surface area contributed by atoms with Gasteiger partial charge in [0.25, 0.3) is 20.0 Å². The molecular weight excluding hydrogens is 3630 g/mol. The first-order chi connectivity index (χ1) is 37.3. The molecule has 0 atom stereocenters. The minimum Gasteiger partial charge on any atom is -0.870 e. The smallest absolute Gasteiger partial charge is 0.870 e. The molecule has 10 rings (SSSR count). The Morgan fingerprint density at radius 2 is 0.815 bits per heavy atom. The van der Waals surface area contributed by atoms with Crippen molar-refractivity contribution in [3.8, 4) is 0 Å². The van der Waals surface area contributed by atoms with Crippen LogP contribution in [0, 0.1) is 338 Å². The van der Waals surface area contributed by atoms with Crippen LogP contribution in [0.25, 0.3) is 40.3 Å². The number of methoxy groups -OCH3 is 2. The van der Waals surface area contributed by atoms with Crippen molar-refractivity contribution in [3.05, 3.63) is 198 Å². The molecule has 4 aromatic heterocycles. The maximum Gasteiger partial charge on any atom is 1.00 e. The summed E-state index contributed by atoms with van der Waals surface area (Å²) in [5.74, 6) is -3.22. The maximum atomic E-state index is 14.0. The normalized spacial score (nSPS) is 9.30. The molecule has 38 heteroatoms. The summed E-state index contributed by atoms with van der Waals surface area (Å²) in [6.07, 6.45) is 0. The number of esters is 2. The first-order valence-corrected chi connectivity index (χ1v) is 29.6. The number of rotatable bonds is 8. The number of carboxylic acids is 2. The molecule has 4 heterocycles. The van der Waals surface area contributed by atoms with Crippen LogP contribution in [-0.4, -0.2) is 97.2 Å². The Kier molecular flexibility index (Phi) is 70.6. The number of aryl methyl sites for hydroxylation is 3. The van der Waals surface area contributed by atoms with Gasteiger partial charge in [-0.05, 0) is 129 Å². The van der Waals surface area contributed by atoms with E-state index in [-0.39, 0.29) is 358 Å². The van der Waals surface area contributed by atoms with Gasteiger partial charge in [-0.25, -0.2) is 40.4 Å². The first-order valence-electron chi connectivity index (χ1n) is 22.7. The molecule has 0 fully saturated rings. The van der Waals surface area contributed by atoms with Crippen molar-refractivity contribution < 1.29 is 416 Å². The Bertz CT molecular complexity index is 3890. The predicted octanol–water partition coefficient (Wildman–Crippen LogP) is 9.44. The zero-order chi connectivity index (χ0) is 58.4. The summed E-state index contributed by atoms with van der Waals surface area (Å²) in [5.41, 5.74) is 3.28. The quantitative estimate of drug-likeness (QED) is 0.0625. The van der Waals surface area contributed by atoms with Gasteiger partial charge < -0.3 is 40.7 Å². The van der Waals surface area contributed by atoms with Crippen molar-refractivity contribution in [2.75, 3.05) is 14.2 Å². The number of carbonyl (C=O) groups is 4. The first kappa shape index (κ1) is 115. The number of carboxylic acid groups (broad SMARTS) is 2. The van der Waals surface area contributed by atoms with Gasteiger partial charge in [-0.1, -0.05) is 99.4 Å². The molecule has 10 aromatic rings. The van der Waals surface area contributed by atoms with Crippen LogP contribution in [0.15, 0.2) is 166 Å². The Labute approximate surface area is 805 Å². The third kappa shape index (κ3) is 35.4. The summed E-state index contributed by atoms with van der Waals surface area (Å²) >= 11 is 8.57. The second-order valence-corrected chi connectivity index (χ2v) is 25.3. The summed E-state index contributed by atoms with van der Waals surface area (Å²) < 4.78 is 88.3. The molecule has 0 aliphatic carbocycles. The number of carbonyl (C=O) groups excluding carboxylic acids is 2. The number of nitrogens with zero attached hydrogens (tertiary/aromatic N) is 1. The van der Waals surface area contributed by atoms with E-state index in [9.17, 15) is 44.9 Å². The standard InChI is InChI=1S/C12H10FNO4S2.C11H10O2S.C10H7BrO2S.C10H7FO2S.C10H8O2S.CH5BO2.Li.2H2O.10U/c13-14(19(15,16)11-7-3-1-4-8-11)20(17,18)12-9-5-2-6-10-12;1-7-3-4-9-8(5-7)6-10(14-9)11(12)13-2;1-13-10(12)9-5-6-4-7(11)2-3-8(6)14-9;1-5-2-3-7-6(4-5)8(11)9(14-7)10(12)13;1-6-2-3-8-7(4-6)5-9(13-8)10(11)12;1-2(3)4;;;;;;;;;;;;;/h1-10H;3-6H,1-2H3;2-5H,1H3;2-4H,1H3,(H,12,13);2-5H,1H3,(H,11,12);3-4H,1H3;;2*1H2;;;;;;;;;;/q;;;;;;+1;;;;;;;;;;;;/p-1. The molecule has 7 N–H and O–H groups in total. The molecule has 0 unspecified atom stereocenters. The zero-order valence-corrected chi connectivity index (χ0v) is 97.5. The van der Waals surface area contributed by atoms with Crippen molar-refractivity contribution >= 4 is 153 Å². The summed E-state index contributed by atoms with van der Waals surface area (Å²) in [7, 11) is -7.91. The number of hydrogen-bond acceptors (Lipinski definition) is 17. The van der Waals surface area contributed by atoms with E-state index in [0.717, 1.165) is 81.5 Å². The van der Waals surface area contributed by atoms with Crippen molar-refractivity contribution in [1.82, 2.24) is 3.93 Å². The molecule has 0 aliphatic heterocycles. The summed E-state index contributed by atoms with van der Waals surface area (Å²) in [6.45, 7) is 7.16. The summed E-state index contributed by atoms with van der Waals surface area (Å²) in [4.78, 5) is 44.4. The number of thiophene rings is 4. The van der Waals surface area contributed by atoms with Gasteiger partial charge in [0.2, 0.25) is 0 Å². The Morgan fingerprint density at radius 3 is 1.16 bits per heavy atom. The molecule has 0 saturated heterocycles. The van der Waals surface area contributed by atoms with E-state index in [1.54, 1.807) is 18.2 Å². The van der Waals surface area contributed by atoms with Crippen LogP contribution in [0.3, 0.4) is 0 Å². The minimum absolute atomic E-state index is 0. The number of benzene rings is 6. The average molecular weight is 3680 g/mol. The molecule has 0 amide bonds. The van der Waals surface area contributed by atoms with Crippen LogP contribution >= 0.6 is 61.3 Å². The summed E-state index contributed by atoms with van der Waals surface area (Å²) in [5, 5.41) is 36.3. The van der Waals surface area contributed by atoms with Gasteiger partial charge in [-0.15, -0.1) is 49.8 Å². The fourth-order valence-corrected chi connectivity index (χ4v) is 13.6. The molecular formula is C54H50BBrF2LiNO16S6U10. The van der Waals surface area contributed by atoms with Gasteiger partial charge in [-0.3, -0.25) is 0 Å². The molecule has 0 aliphatic rings. The van der Waals surface area contributed by atoms with Crippen LogP contribution in [-0.2, 0) is 29.5 Å². The van der Waals surface area contributed by atoms with Crippen molar-refractivity contribution in [2.24, 2.45) is 0 Å². The fourth-order valence-electron chi connectivity index (χ4n) is 6.65.